The van der Waals surface area contributed by atoms with Gasteiger partial charge in [0.15, 0.2) is 0 Å². The van der Waals surface area contributed by atoms with Crippen molar-refractivity contribution in [1.29, 1.82) is 0 Å². The third-order valence-corrected chi connectivity index (χ3v) is 4.12. The number of ether oxygens (including phenoxy) is 1. The van der Waals surface area contributed by atoms with E-state index in [1.165, 1.54) is 25.3 Å². The number of carbonyl (C=O) groups excluding carboxylic acids is 1. The van der Waals surface area contributed by atoms with Crippen LogP contribution in [0.5, 0.6) is 5.75 Å². The molecule has 1 amide bonds. The van der Waals surface area contributed by atoms with Crippen molar-refractivity contribution in [3.8, 4) is 5.75 Å². The summed E-state index contributed by atoms with van der Waals surface area (Å²) in [5.41, 5.74) is 5.96. The molecule has 21 heavy (non-hydrogen) atoms. The molecule has 8 heteroatoms. The number of hydrogen-bond acceptors (Lipinski definition) is 5. The van der Waals surface area contributed by atoms with Gasteiger partial charge < -0.3 is 15.8 Å². The highest BCUT2D eigenvalue weighted by molar-refractivity contribution is 7.89. The van der Waals surface area contributed by atoms with Gasteiger partial charge in [-0.05, 0) is 24.6 Å². The molecule has 0 saturated carbocycles. The fourth-order valence-electron chi connectivity index (χ4n) is 2.11. The molecule has 1 aliphatic rings. The number of sulfonamides is 1. The molecule has 1 aliphatic carbocycles. The average Bonchev–Trinajstić information content (AvgIpc) is 2.84. The summed E-state index contributed by atoms with van der Waals surface area (Å²) in [5, 5.41) is 7.73. The Hall–Kier alpha value is -1.90. The molecular weight excluding hydrogens is 294 g/mol. The van der Waals surface area contributed by atoms with E-state index in [0.717, 1.165) is 0 Å². The van der Waals surface area contributed by atoms with Crippen LogP contribution in [-0.4, -0.2) is 27.5 Å². The topological polar surface area (TPSA) is 125 Å². The first-order chi connectivity index (χ1) is 9.81. The van der Waals surface area contributed by atoms with E-state index in [4.69, 9.17) is 15.6 Å². The van der Waals surface area contributed by atoms with Crippen molar-refractivity contribution in [2.45, 2.75) is 17.4 Å². The second-order valence-electron chi connectivity index (χ2n) is 4.79. The van der Waals surface area contributed by atoms with Gasteiger partial charge in [0.1, 0.15) is 5.75 Å². The molecular formula is C13H17N3O4S. The fraction of sp³-hybridized carbons (Fsp3) is 0.308. The molecule has 5 N–H and O–H groups in total. The second kappa shape index (κ2) is 5.84. The van der Waals surface area contributed by atoms with Crippen molar-refractivity contribution in [1.82, 2.24) is 0 Å². The molecule has 2 unspecified atom stereocenters. The summed E-state index contributed by atoms with van der Waals surface area (Å²) < 4.78 is 27.8. The molecule has 2 rings (SSSR count). The van der Waals surface area contributed by atoms with Gasteiger partial charge in [0.05, 0.1) is 23.6 Å². The van der Waals surface area contributed by atoms with Crippen LogP contribution in [0.1, 0.15) is 6.42 Å². The van der Waals surface area contributed by atoms with Crippen molar-refractivity contribution < 1.29 is 17.9 Å². The van der Waals surface area contributed by atoms with E-state index in [2.05, 4.69) is 5.32 Å². The maximum absolute atomic E-state index is 12.1. The summed E-state index contributed by atoms with van der Waals surface area (Å²) in [6, 6.07) is 3.88. The van der Waals surface area contributed by atoms with Crippen molar-refractivity contribution in [3.05, 3.63) is 30.4 Å². The quantitative estimate of drug-likeness (QED) is 0.684. The first-order valence-corrected chi connectivity index (χ1v) is 7.81. The number of nitrogens with two attached hydrogens (primary N) is 2. The first kappa shape index (κ1) is 15.5. The maximum Gasteiger partial charge on any atom is 0.238 e. The van der Waals surface area contributed by atoms with Gasteiger partial charge in [0, 0.05) is 6.04 Å². The predicted molar refractivity (Wildman–Crippen MR) is 78.2 cm³/mol. The molecule has 1 aromatic carbocycles. The zero-order valence-electron chi connectivity index (χ0n) is 11.4. The van der Waals surface area contributed by atoms with Crippen LogP contribution in [0.3, 0.4) is 0 Å². The Kier molecular flexibility index (Phi) is 4.31. The summed E-state index contributed by atoms with van der Waals surface area (Å²) in [4.78, 5) is 12.0. The molecule has 0 radical (unpaired) electrons. The lowest BCUT2D eigenvalue weighted by Gasteiger charge is -2.14. The number of hydrogen-bond donors (Lipinski definition) is 3. The lowest BCUT2D eigenvalue weighted by Crippen LogP contribution is -2.24. The van der Waals surface area contributed by atoms with Crippen molar-refractivity contribution in [3.63, 3.8) is 0 Å². The number of nitrogens with one attached hydrogen (secondary N) is 1. The van der Waals surface area contributed by atoms with E-state index in [1.807, 2.05) is 0 Å². The predicted octanol–water partition coefficient (Wildman–Crippen LogP) is 0.185. The molecule has 0 spiro atoms. The van der Waals surface area contributed by atoms with Gasteiger partial charge >= 0.3 is 0 Å². The maximum atomic E-state index is 12.1. The normalized spacial score (nSPS) is 21.3. The van der Waals surface area contributed by atoms with E-state index in [9.17, 15) is 13.2 Å². The zero-order valence-corrected chi connectivity index (χ0v) is 12.3. The van der Waals surface area contributed by atoms with E-state index < -0.39 is 10.0 Å². The van der Waals surface area contributed by atoms with E-state index in [0.29, 0.717) is 12.2 Å². The van der Waals surface area contributed by atoms with Crippen molar-refractivity contribution in [2.75, 3.05) is 12.4 Å². The van der Waals surface area contributed by atoms with Crippen molar-refractivity contribution >= 4 is 21.6 Å². The summed E-state index contributed by atoms with van der Waals surface area (Å²) in [5.74, 6) is -0.269. The molecule has 0 fully saturated rings. The fourth-order valence-corrected chi connectivity index (χ4v) is 2.65. The zero-order chi connectivity index (χ0) is 15.6. The van der Waals surface area contributed by atoms with Crippen LogP contribution >= 0.6 is 0 Å². The Balaban J connectivity index is 2.26. The monoisotopic (exact) mass is 311 g/mol. The highest BCUT2D eigenvalue weighted by Crippen LogP contribution is 2.28. The second-order valence-corrected chi connectivity index (χ2v) is 6.35. The van der Waals surface area contributed by atoms with Crippen LogP contribution in [0, 0.1) is 5.92 Å². The number of amides is 1. The largest absolute Gasteiger partial charge is 0.495 e. The highest BCUT2D eigenvalue weighted by Gasteiger charge is 2.24. The van der Waals surface area contributed by atoms with Gasteiger partial charge in [-0.25, -0.2) is 13.6 Å². The van der Waals surface area contributed by atoms with Crippen LogP contribution in [0.2, 0.25) is 0 Å². The molecule has 0 bridgehead atoms. The summed E-state index contributed by atoms with van der Waals surface area (Å²) in [7, 11) is -2.43. The first-order valence-electron chi connectivity index (χ1n) is 6.27. The standard InChI is InChI=1S/C13H17N3O4S/c1-20-12-5-4-10(21(15,18)19)7-11(12)16-13(17)8-2-3-9(14)6-8/h2-5,7-9H,6,14H2,1H3,(H,16,17)(H2,15,18,19). The number of methoxy groups -OCH3 is 1. The number of anilines is 1. The third kappa shape index (κ3) is 3.60. The van der Waals surface area contributed by atoms with Crippen LogP contribution in [0.15, 0.2) is 35.2 Å². The van der Waals surface area contributed by atoms with Crippen LogP contribution < -0.4 is 20.9 Å². The van der Waals surface area contributed by atoms with Gasteiger partial charge in [0.2, 0.25) is 15.9 Å². The van der Waals surface area contributed by atoms with Gasteiger partial charge in [-0.3, -0.25) is 4.79 Å². The molecule has 1 aromatic rings. The summed E-state index contributed by atoms with van der Waals surface area (Å²) in [6.07, 6.45) is 4.02. The molecule has 0 aromatic heterocycles. The Morgan fingerprint density at radius 1 is 1.38 bits per heavy atom. The lowest BCUT2D eigenvalue weighted by molar-refractivity contribution is -0.118. The lowest BCUT2D eigenvalue weighted by atomic mass is 10.1. The average molecular weight is 311 g/mol. The number of carbonyl (C=O) groups is 1. The summed E-state index contributed by atoms with van der Waals surface area (Å²) in [6.45, 7) is 0. The Bertz CT molecular complexity index is 685. The van der Waals surface area contributed by atoms with E-state index >= 15 is 0 Å². The number of rotatable bonds is 4. The van der Waals surface area contributed by atoms with Crippen LogP contribution in [0.4, 0.5) is 5.69 Å². The Morgan fingerprint density at radius 3 is 2.62 bits per heavy atom. The molecule has 0 saturated heterocycles. The van der Waals surface area contributed by atoms with Gasteiger partial charge in [-0.1, -0.05) is 12.2 Å². The molecule has 7 nitrogen and oxygen atoms in total. The van der Waals surface area contributed by atoms with E-state index in [-0.39, 0.29) is 28.4 Å². The smallest absolute Gasteiger partial charge is 0.238 e. The Labute approximate surface area is 123 Å². The van der Waals surface area contributed by atoms with Gasteiger partial charge in [-0.2, -0.15) is 0 Å². The molecule has 2 atom stereocenters. The Morgan fingerprint density at radius 2 is 2.10 bits per heavy atom. The SMILES string of the molecule is COc1ccc(S(N)(=O)=O)cc1NC(=O)C1C=CC(N)C1. The number of benzene rings is 1. The van der Waals surface area contributed by atoms with Gasteiger partial charge in [0.25, 0.3) is 0 Å². The molecule has 0 aliphatic heterocycles. The third-order valence-electron chi connectivity index (χ3n) is 3.21. The highest BCUT2D eigenvalue weighted by atomic mass is 32.2. The van der Waals surface area contributed by atoms with Crippen molar-refractivity contribution in [2.24, 2.45) is 16.8 Å². The minimum Gasteiger partial charge on any atom is -0.495 e. The van der Waals surface area contributed by atoms with Gasteiger partial charge in [-0.15, -0.1) is 0 Å². The van der Waals surface area contributed by atoms with Crippen LogP contribution in [0.25, 0.3) is 0 Å². The summed E-state index contributed by atoms with van der Waals surface area (Å²) >= 11 is 0. The minimum atomic E-state index is -3.85. The van der Waals surface area contributed by atoms with E-state index in [1.54, 1.807) is 12.2 Å². The number of primary sulfonamides is 1. The molecule has 114 valence electrons. The van der Waals surface area contributed by atoms with Crippen LogP contribution in [-0.2, 0) is 14.8 Å². The molecule has 0 heterocycles. The minimum absolute atomic E-state index is 0.0998.